The highest BCUT2D eigenvalue weighted by atomic mass is 32.1. The van der Waals surface area contributed by atoms with Crippen LogP contribution in [0.25, 0.3) is 0 Å². The highest BCUT2D eigenvalue weighted by Crippen LogP contribution is 2.16. The van der Waals surface area contributed by atoms with Gasteiger partial charge in [-0.25, -0.2) is 14.2 Å². The minimum absolute atomic E-state index is 0.0926. The highest BCUT2D eigenvalue weighted by Gasteiger charge is 2.18. The van der Waals surface area contributed by atoms with E-state index in [4.69, 9.17) is 4.74 Å². The molecule has 0 atom stereocenters. The maximum Gasteiger partial charge on any atom is 0.322 e. The third kappa shape index (κ3) is 6.59. The summed E-state index contributed by atoms with van der Waals surface area (Å²) in [4.78, 5) is 30.9. The van der Waals surface area contributed by atoms with E-state index in [9.17, 15) is 14.0 Å². The Kier molecular flexibility index (Phi) is 8.08. The molecule has 2 N–H and O–H groups in total. The maximum absolute atomic E-state index is 13.9. The SMILES string of the molecule is COCCN(Cc1nc(C(=O)NCc2ccccc2)cs1)C(=O)Nc1ccccc1F. The normalized spacial score (nSPS) is 10.5. The largest absolute Gasteiger partial charge is 0.383 e. The molecule has 0 fully saturated rings. The van der Waals surface area contributed by atoms with Gasteiger partial charge in [-0.15, -0.1) is 11.3 Å². The standard InChI is InChI=1S/C22H23FN4O3S/c1-30-12-11-27(22(29)26-18-10-6-5-9-17(18)23)14-20-25-19(15-31-20)21(28)24-13-16-7-3-2-4-8-16/h2-10,15H,11-14H2,1H3,(H,24,28)(H,26,29). The average Bonchev–Trinajstić information content (AvgIpc) is 3.26. The van der Waals surface area contributed by atoms with Gasteiger partial charge in [0.15, 0.2) is 0 Å². The lowest BCUT2D eigenvalue weighted by Gasteiger charge is -2.22. The molecule has 3 aromatic rings. The zero-order valence-electron chi connectivity index (χ0n) is 17.0. The van der Waals surface area contributed by atoms with Crippen LogP contribution in [0.2, 0.25) is 0 Å². The highest BCUT2D eigenvalue weighted by molar-refractivity contribution is 7.09. The average molecular weight is 443 g/mol. The lowest BCUT2D eigenvalue weighted by atomic mass is 10.2. The number of halogens is 1. The number of benzene rings is 2. The minimum atomic E-state index is -0.519. The Morgan fingerprint density at radius 3 is 2.61 bits per heavy atom. The van der Waals surface area contributed by atoms with Crippen LogP contribution in [0, 0.1) is 5.82 Å². The van der Waals surface area contributed by atoms with E-state index in [0.717, 1.165) is 5.56 Å². The van der Waals surface area contributed by atoms with E-state index in [2.05, 4.69) is 15.6 Å². The molecular weight excluding hydrogens is 419 g/mol. The summed E-state index contributed by atoms with van der Waals surface area (Å²) in [5, 5.41) is 7.63. The number of hydrogen-bond donors (Lipinski definition) is 2. The number of methoxy groups -OCH3 is 1. The number of anilines is 1. The van der Waals surface area contributed by atoms with E-state index in [0.29, 0.717) is 18.2 Å². The lowest BCUT2D eigenvalue weighted by Crippen LogP contribution is -2.37. The summed E-state index contributed by atoms with van der Waals surface area (Å²) in [6, 6.07) is 15.0. The number of urea groups is 1. The van der Waals surface area contributed by atoms with Crippen molar-refractivity contribution in [3.8, 4) is 0 Å². The van der Waals surface area contributed by atoms with Gasteiger partial charge in [0.1, 0.15) is 16.5 Å². The van der Waals surface area contributed by atoms with Crippen LogP contribution in [0.3, 0.4) is 0 Å². The van der Waals surface area contributed by atoms with Gasteiger partial charge in [0, 0.05) is 25.6 Å². The molecule has 1 aromatic heterocycles. The molecule has 3 amide bonds. The first kappa shape index (κ1) is 22.4. The fraction of sp³-hybridized carbons (Fsp3) is 0.227. The van der Waals surface area contributed by atoms with Crippen molar-refractivity contribution in [3.05, 3.63) is 82.1 Å². The second-order valence-corrected chi connectivity index (χ2v) is 7.56. The van der Waals surface area contributed by atoms with Crippen molar-refractivity contribution in [2.45, 2.75) is 13.1 Å². The van der Waals surface area contributed by atoms with Crippen LogP contribution in [0.5, 0.6) is 0 Å². The number of carbonyl (C=O) groups excluding carboxylic acids is 2. The Labute approximate surface area is 183 Å². The molecule has 0 aliphatic carbocycles. The van der Waals surface area contributed by atoms with Gasteiger partial charge in [0.2, 0.25) is 0 Å². The number of thiazole rings is 1. The molecule has 1 heterocycles. The van der Waals surface area contributed by atoms with Crippen LogP contribution in [-0.4, -0.2) is 42.1 Å². The summed E-state index contributed by atoms with van der Waals surface area (Å²) >= 11 is 1.28. The molecule has 9 heteroatoms. The minimum Gasteiger partial charge on any atom is -0.383 e. The second kappa shape index (κ2) is 11.2. The van der Waals surface area contributed by atoms with Gasteiger partial charge in [-0.3, -0.25) is 4.79 Å². The van der Waals surface area contributed by atoms with Crippen molar-refractivity contribution < 1.29 is 18.7 Å². The van der Waals surface area contributed by atoms with Crippen LogP contribution < -0.4 is 10.6 Å². The second-order valence-electron chi connectivity index (χ2n) is 6.62. The molecule has 3 rings (SSSR count). The van der Waals surface area contributed by atoms with Crippen molar-refractivity contribution in [1.82, 2.24) is 15.2 Å². The fourth-order valence-corrected chi connectivity index (χ4v) is 3.52. The van der Waals surface area contributed by atoms with Crippen molar-refractivity contribution in [1.29, 1.82) is 0 Å². The van der Waals surface area contributed by atoms with E-state index in [-0.39, 0.29) is 30.4 Å². The van der Waals surface area contributed by atoms with Crippen LogP contribution in [0.4, 0.5) is 14.9 Å². The van der Waals surface area contributed by atoms with Crippen molar-refractivity contribution in [2.24, 2.45) is 0 Å². The Balaban J connectivity index is 1.62. The molecule has 7 nitrogen and oxygen atoms in total. The van der Waals surface area contributed by atoms with E-state index in [1.807, 2.05) is 30.3 Å². The maximum atomic E-state index is 13.9. The molecule has 0 unspecified atom stereocenters. The molecule has 0 saturated heterocycles. The Morgan fingerprint density at radius 1 is 1.13 bits per heavy atom. The predicted molar refractivity (Wildman–Crippen MR) is 117 cm³/mol. The zero-order valence-corrected chi connectivity index (χ0v) is 17.8. The number of amides is 3. The van der Waals surface area contributed by atoms with Crippen LogP contribution in [0.15, 0.2) is 60.0 Å². The Morgan fingerprint density at radius 2 is 1.87 bits per heavy atom. The predicted octanol–water partition coefficient (Wildman–Crippen LogP) is 3.89. The molecule has 0 aliphatic rings. The molecule has 0 bridgehead atoms. The molecule has 31 heavy (non-hydrogen) atoms. The van der Waals surface area contributed by atoms with Gasteiger partial charge in [0.05, 0.1) is 18.8 Å². The first-order valence-electron chi connectivity index (χ1n) is 9.62. The van der Waals surface area contributed by atoms with Crippen molar-refractivity contribution in [2.75, 3.05) is 25.6 Å². The van der Waals surface area contributed by atoms with Crippen LogP contribution in [-0.2, 0) is 17.8 Å². The first-order chi connectivity index (χ1) is 15.1. The monoisotopic (exact) mass is 442 g/mol. The topological polar surface area (TPSA) is 83.6 Å². The van der Waals surface area contributed by atoms with Gasteiger partial charge in [-0.1, -0.05) is 42.5 Å². The van der Waals surface area contributed by atoms with Crippen molar-refractivity contribution in [3.63, 3.8) is 0 Å². The van der Waals surface area contributed by atoms with Gasteiger partial charge in [-0.2, -0.15) is 0 Å². The molecule has 0 spiro atoms. The fourth-order valence-electron chi connectivity index (χ4n) is 2.73. The zero-order chi connectivity index (χ0) is 22.1. The van der Waals surface area contributed by atoms with Crippen LogP contribution in [0.1, 0.15) is 21.1 Å². The number of nitrogens with one attached hydrogen (secondary N) is 2. The van der Waals surface area contributed by atoms with E-state index in [1.165, 1.54) is 35.5 Å². The van der Waals surface area contributed by atoms with Gasteiger partial charge in [-0.05, 0) is 17.7 Å². The number of ether oxygens (including phenoxy) is 1. The van der Waals surface area contributed by atoms with E-state index >= 15 is 0 Å². The van der Waals surface area contributed by atoms with Gasteiger partial charge in [0.25, 0.3) is 5.91 Å². The molecule has 162 valence electrons. The van der Waals surface area contributed by atoms with E-state index < -0.39 is 11.8 Å². The first-order valence-corrected chi connectivity index (χ1v) is 10.5. The Bertz CT molecular complexity index is 1010. The number of aromatic nitrogens is 1. The summed E-state index contributed by atoms with van der Waals surface area (Å²) in [6.07, 6.45) is 0. The van der Waals surface area contributed by atoms with Crippen LogP contribution >= 0.6 is 11.3 Å². The third-order valence-corrected chi connectivity index (χ3v) is 5.21. The number of carbonyl (C=O) groups is 2. The summed E-state index contributed by atoms with van der Waals surface area (Å²) in [7, 11) is 1.53. The van der Waals surface area contributed by atoms with Crippen molar-refractivity contribution >= 4 is 29.0 Å². The molecule has 0 saturated carbocycles. The lowest BCUT2D eigenvalue weighted by molar-refractivity contribution is 0.0946. The molecule has 2 aromatic carbocycles. The molecular formula is C22H23FN4O3S. The molecule has 0 radical (unpaired) electrons. The number of rotatable bonds is 9. The molecule has 0 aliphatic heterocycles. The Hall–Kier alpha value is -3.30. The van der Waals surface area contributed by atoms with Gasteiger partial charge < -0.3 is 20.3 Å². The summed E-state index contributed by atoms with van der Waals surface area (Å²) in [6.45, 7) is 1.16. The third-order valence-electron chi connectivity index (χ3n) is 4.37. The summed E-state index contributed by atoms with van der Waals surface area (Å²) < 4.78 is 18.9. The summed E-state index contributed by atoms with van der Waals surface area (Å²) in [5.74, 6) is -0.806. The number of para-hydroxylation sites is 1. The van der Waals surface area contributed by atoms with Gasteiger partial charge >= 0.3 is 6.03 Å². The summed E-state index contributed by atoms with van der Waals surface area (Å²) in [5.41, 5.74) is 1.37. The number of hydrogen-bond acceptors (Lipinski definition) is 5. The smallest absolute Gasteiger partial charge is 0.322 e. The quantitative estimate of drug-likeness (QED) is 0.527. The number of nitrogens with zero attached hydrogens (tertiary/aromatic N) is 2. The van der Waals surface area contributed by atoms with E-state index in [1.54, 1.807) is 17.5 Å².